The molecule has 0 aromatic carbocycles. The van der Waals surface area contributed by atoms with Gasteiger partial charge in [0, 0.05) is 5.92 Å². The number of thiophene rings is 1. The van der Waals surface area contributed by atoms with Gasteiger partial charge in [0.25, 0.3) is 0 Å². The summed E-state index contributed by atoms with van der Waals surface area (Å²) in [5.74, 6) is -1.07. The first-order valence-electron chi connectivity index (χ1n) is 4.33. The normalized spacial score (nSPS) is 27.7. The van der Waals surface area contributed by atoms with Crippen LogP contribution in [-0.4, -0.2) is 19.1 Å². The number of quaternary nitrogens is 1. The van der Waals surface area contributed by atoms with Crippen molar-refractivity contribution in [1.82, 2.24) is 0 Å². The van der Waals surface area contributed by atoms with Crippen LogP contribution in [-0.2, 0) is 4.79 Å². The van der Waals surface area contributed by atoms with Gasteiger partial charge in [-0.3, -0.25) is 0 Å². The lowest BCUT2D eigenvalue weighted by molar-refractivity contribution is -0.638. The highest BCUT2D eigenvalue weighted by molar-refractivity contribution is 7.07. The quantitative estimate of drug-likeness (QED) is 0.646. The lowest BCUT2D eigenvalue weighted by atomic mass is 9.91. The molecule has 13 heavy (non-hydrogen) atoms. The molecule has 3 nitrogen and oxygen atoms in total. The van der Waals surface area contributed by atoms with Crippen molar-refractivity contribution in [1.29, 1.82) is 0 Å². The topological polar surface area (TPSA) is 56.7 Å². The fraction of sp³-hybridized carbons (Fsp3) is 0.444. The molecule has 4 heteroatoms. The second kappa shape index (κ2) is 3.47. The number of carboxylic acid groups (broad SMARTS) is 1. The molecule has 70 valence electrons. The van der Waals surface area contributed by atoms with Crippen LogP contribution in [0, 0.1) is 5.92 Å². The zero-order valence-corrected chi connectivity index (χ0v) is 7.92. The molecule has 0 bridgehead atoms. The maximum absolute atomic E-state index is 10.8. The van der Waals surface area contributed by atoms with Crippen molar-refractivity contribution >= 4 is 17.3 Å². The first kappa shape index (κ1) is 8.72. The zero-order valence-electron chi connectivity index (χ0n) is 7.10. The molecule has 1 aromatic rings. The smallest absolute Gasteiger partial charge is 0.0845 e. The predicted molar refractivity (Wildman–Crippen MR) is 47.2 cm³/mol. The van der Waals surface area contributed by atoms with Gasteiger partial charge in [-0.2, -0.15) is 11.3 Å². The molecule has 0 unspecified atom stereocenters. The number of hydrogen-bond donors (Lipinski definition) is 1. The Morgan fingerprint density at radius 2 is 2.46 bits per heavy atom. The van der Waals surface area contributed by atoms with Crippen LogP contribution in [0.25, 0.3) is 0 Å². The average molecular weight is 197 g/mol. The average Bonchev–Trinajstić information content (AvgIpc) is 2.74. The summed E-state index contributed by atoms with van der Waals surface area (Å²) in [6.07, 6.45) is 0. The van der Waals surface area contributed by atoms with E-state index in [9.17, 15) is 9.90 Å². The van der Waals surface area contributed by atoms with Crippen molar-refractivity contribution in [2.75, 3.05) is 13.1 Å². The van der Waals surface area contributed by atoms with E-state index in [0.717, 1.165) is 12.1 Å². The Bertz CT molecular complexity index is 297. The third kappa shape index (κ3) is 1.59. The minimum atomic E-state index is -0.912. The van der Waals surface area contributed by atoms with Crippen LogP contribution in [0.3, 0.4) is 0 Å². The van der Waals surface area contributed by atoms with Crippen molar-refractivity contribution in [3.63, 3.8) is 0 Å². The van der Waals surface area contributed by atoms with Gasteiger partial charge >= 0.3 is 0 Å². The van der Waals surface area contributed by atoms with Gasteiger partial charge in [-0.05, 0) is 22.4 Å². The van der Waals surface area contributed by atoms with Crippen molar-refractivity contribution in [3.8, 4) is 0 Å². The molecule has 0 amide bonds. The van der Waals surface area contributed by atoms with Gasteiger partial charge in [0.05, 0.1) is 25.0 Å². The molecule has 1 aromatic heterocycles. The molecule has 0 radical (unpaired) electrons. The molecule has 1 aliphatic rings. The van der Waals surface area contributed by atoms with Crippen LogP contribution in [0.4, 0.5) is 0 Å². The van der Waals surface area contributed by atoms with Crippen LogP contribution in [0.5, 0.6) is 0 Å². The maximum atomic E-state index is 10.8. The summed E-state index contributed by atoms with van der Waals surface area (Å²) >= 11 is 1.61. The Labute approximate surface area is 80.4 Å². The van der Waals surface area contributed by atoms with Gasteiger partial charge in [-0.1, -0.05) is 0 Å². The van der Waals surface area contributed by atoms with E-state index in [4.69, 9.17) is 0 Å². The Morgan fingerprint density at radius 3 is 3.08 bits per heavy atom. The molecule has 2 atom stereocenters. The summed E-state index contributed by atoms with van der Waals surface area (Å²) in [4.78, 5) is 10.8. The van der Waals surface area contributed by atoms with Crippen molar-refractivity contribution in [2.24, 2.45) is 5.92 Å². The van der Waals surface area contributed by atoms with E-state index in [0.29, 0.717) is 6.54 Å². The summed E-state index contributed by atoms with van der Waals surface area (Å²) in [5, 5.41) is 16.8. The Hall–Kier alpha value is -0.870. The molecular weight excluding hydrogens is 186 g/mol. The lowest BCUT2D eigenvalue weighted by Gasteiger charge is -2.15. The maximum Gasteiger partial charge on any atom is 0.0845 e. The summed E-state index contributed by atoms with van der Waals surface area (Å²) in [6.45, 7) is 1.53. The van der Waals surface area contributed by atoms with Gasteiger partial charge in [-0.25, -0.2) is 0 Å². The molecule has 0 saturated carbocycles. The lowest BCUT2D eigenvalue weighted by Crippen LogP contribution is -2.81. The molecule has 0 spiro atoms. The van der Waals surface area contributed by atoms with Gasteiger partial charge in [0.15, 0.2) is 0 Å². The summed E-state index contributed by atoms with van der Waals surface area (Å²) < 4.78 is 0. The first-order chi connectivity index (χ1) is 6.29. The largest absolute Gasteiger partial charge is 0.550 e. The molecule has 1 saturated heterocycles. The van der Waals surface area contributed by atoms with E-state index < -0.39 is 5.97 Å². The SMILES string of the molecule is O=C([O-])[C@@H]1C[NH2+]C[C@H]1c1ccsc1. The number of rotatable bonds is 2. The predicted octanol–water partition coefficient (Wildman–Crippen LogP) is -1.23. The molecule has 2 heterocycles. The van der Waals surface area contributed by atoms with Crippen LogP contribution < -0.4 is 10.4 Å². The number of aliphatic carboxylic acids is 1. The van der Waals surface area contributed by atoms with Crippen LogP contribution in [0.2, 0.25) is 0 Å². The fourth-order valence-corrected chi connectivity index (χ4v) is 2.62. The third-order valence-electron chi connectivity index (χ3n) is 2.60. The molecule has 1 aliphatic heterocycles. The molecule has 0 aliphatic carbocycles. The summed E-state index contributed by atoms with van der Waals surface area (Å²) in [7, 11) is 0. The van der Waals surface area contributed by atoms with E-state index in [1.54, 1.807) is 11.3 Å². The van der Waals surface area contributed by atoms with E-state index in [-0.39, 0.29) is 11.8 Å². The highest BCUT2D eigenvalue weighted by Gasteiger charge is 2.32. The highest BCUT2D eigenvalue weighted by atomic mass is 32.1. The minimum Gasteiger partial charge on any atom is -0.550 e. The third-order valence-corrected chi connectivity index (χ3v) is 3.30. The van der Waals surface area contributed by atoms with E-state index in [1.807, 2.05) is 22.1 Å². The molecular formula is C9H11NO2S. The number of carboxylic acids is 1. The summed E-state index contributed by atoms with van der Waals surface area (Å²) in [5.41, 5.74) is 1.15. The monoisotopic (exact) mass is 197 g/mol. The number of carbonyl (C=O) groups excluding carboxylic acids is 1. The van der Waals surface area contributed by atoms with Crippen molar-refractivity contribution in [3.05, 3.63) is 22.4 Å². The van der Waals surface area contributed by atoms with Crippen LogP contribution in [0.1, 0.15) is 11.5 Å². The molecule has 2 rings (SSSR count). The number of hydrogen-bond acceptors (Lipinski definition) is 3. The number of nitrogens with two attached hydrogens (primary N) is 1. The molecule has 2 N–H and O–H groups in total. The van der Waals surface area contributed by atoms with Crippen molar-refractivity contribution in [2.45, 2.75) is 5.92 Å². The van der Waals surface area contributed by atoms with Gasteiger partial charge < -0.3 is 15.2 Å². The highest BCUT2D eigenvalue weighted by Crippen LogP contribution is 2.26. The Morgan fingerprint density at radius 1 is 1.62 bits per heavy atom. The number of carbonyl (C=O) groups is 1. The fourth-order valence-electron chi connectivity index (χ4n) is 1.90. The first-order valence-corrected chi connectivity index (χ1v) is 5.28. The summed E-state index contributed by atoms with van der Waals surface area (Å²) in [6, 6.07) is 2.00. The zero-order chi connectivity index (χ0) is 9.26. The minimum absolute atomic E-state index is 0.149. The van der Waals surface area contributed by atoms with E-state index in [1.165, 1.54) is 0 Å². The van der Waals surface area contributed by atoms with Gasteiger partial charge in [0.2, 0.25) is 0 Å². The standard InChI is InChI=1S/C9H11NO2S/c11-9(12)8-4-10-3-7(8)6-1-2-13-5-6/h1-2,5,7-8,10H,3-4H2,(H,11,12)/t7-,8+/m0/s1. The van der Waals surface area contributed by atoms with Crippen LogP contribution >= 0.6 is 11.3 Å². The molecule has 1 fully saturated rings. The van der Waals surface area contributed by atoms with Crippen LogP contribution in [0.15, 0.2) is 16.8 Å². The van der Waals surface area contributed by atoms with E-state index >= 15 is 0 Å². The second-order valence-corrected chi connectivity index (χ2v) is 4.13. The van der Waals surface area contributed by atoms with Gasteiger partial charge in [0.1, 0.15) is 0 Å². The Kier molecular flexibility index (Phi) is 2.33. The van der Waals surface area contributed by atoms with E-state index in [2.05, 4.69) is 0 Å². The Balaban J connectivity index is 2.19. The second-order valence-electron chi connectivity index (χ2n) is 3.35. The van der Waals surface area contributed by atoms with Gasteiger partial charge in [-0.15, -0.1) is 0 Å². The van der Waals surface area contributed by atoms with Crippen molar-refractivity contribution < 1.29 is 15.2 Å².